The molecular weight excluding hydrogens is 312 g/mol. The molecule has 6 heteroatoms. The lowest BCUT2D eigenvalue weighted by atomic mass is 10.1. The zero-order valence-corrected chi connectivity index (χ0v) is 11.9. The number of halogens is 1. The summed E-state index contributed by atoms with van der Waals surface area (Å²) in [6.07, 6.45) is 3.09. The first-order valence-electron chi connectivity index (χ1n) is 6.23. The second-order valence-electron chi connectivity index (χ2n) is 4.70. The first-order chi connectivity index (χ1) is 9.13. The predicted molar refractivity (Wildman–Crippen MR) is 75.5 cm³/mol. The highest BCUT2D eigenvalue weighted by molar-refractivity contribution is 9.09. The molecule has 1 aromatic rings. The van der Waals surface area contributed by atoms with E-state index in [0.29, 0.717) is 5.92 Å². The molecule has 0 spiro atoms. The molecule has 2 rings (SSSR count). The number of para-hydroxylation sites is 1. The van der Waals surface area contributed by atoms with Crippen molar-refractivity contribution in [3.8, 4) is 0 Å². The predicted octanol–water partition coefficient (Wildman–Crippen LogP) is 2.89. The van der Waals surface area contributed by atoms with Gasteiger partial charge >= 0.3 is 0 Å². The maximum Gasteiger partial charge on any atom is 0.282 e. The summed E-state index contributed by atoms with van der Waals surface area (Å²) in [6, 6.07) is 6.15. The lowest BCUT2D eigenvalue weighted by Crippen LogP contribution is -2.38. The van der Waals surface area contributed by atoms with Crippen molar-refractivity contribution in [3.63, 3.8) is 0 Å². The molecule has 0 saturated heterocycles. The second kappa shape index (κ2) is 6.14. The van der Waals surface area contributed by atoms with Crippen LogP contribution in [0.2, 0.25) is 0 Å². The van der Waals surface area contributed by atoms with E-state index >= 15 is 0 Å². The number of benzene rings is 1. The van der Waals surface area contributed by atoms with Gasteiger partial charge in [0.25, 0.3) is 11.6 Å². The minimum absolute atomic E-state index is 0.103. The van der Waals surface area contributed by atoms with Crippen molar-refractivity contribution in [2.75, 3.05) is 5.33 Å². The van der Waals surface area contributed by atoms with E-state index in [2.05, 4.69) is 21.2 Å². The average molecular weight is 327 g/mol. The third-order valence-corrected chi connectivity index (χ3v) is 4.35. The van der Waals surface area contributed by atoms with Gasteiger partial charge in [0.1, 0.15) is 5.56 Å². The van der Waals surface area contributed by atoms with E-state index in [1.54, 1.807) is 12.1 Å². The molecule has 1 N–H and O–H groups in total. The summed E-state index contributed by atoms with van der Waals surface area (Å²) in [5.41, 5.74) is -0.0129. The third-order valence-electron chi connectivity index (χ3n) is 3.52. The Bertz CT molecular complexity index is 493. The van der Waals surface area contributed by atoms with E-state index < -0.39 is 4.92 Å². The molecular formula is C13H15BrN2O3. The highest BCUT2D eigenvalue weighted by atomic mass is 79.9. The maximum atomic E-state index is 12.2. The van der Waals surface area contributed by atoms with Crippen LogP contribution in [0.3, 0.4) is 0 Å². The molecule has 0 aliphatic heterocycles. The molecule has 0 bridgehead atoms. The van der Waals surface area contributed by atoms with Crippen LogP contribution in [0.1, 0.15) is 29.6 Å². The van der Waals surface area contributed by atoms with Gasteiger partial charge in [0.15, 0.2) is 0 Å². The van der Waals surface area contributed by atoms with Gasteiger partial charge in [-0.3, -0.25) is 14.9 Å². The second-order valence-corrected chi connectivity index (χ2v) is 5.35. The van der Waals surface area contributed by atoms with Crippen LogP contribution in [-0.4, -0.2) is 22.2 Å². The van der Waals surface area contributed by atoms with E-state index in [9.17, 15) is 14.9 Å². The summed E-state index contributed by atoms with van der Waals surface area (Å²) in [7, 11) is 0. The van der Waals surface area contributed by atoms with Gasteiger partial charge in [-0.1, -0.05) is 34.5 Å². The van der Waals surface area contributed by atoms with Gasteiger partial charge in [0.2, 0.25) is 0 Å². The van der Waals surface area contributed by atoms with Crippen LogP contribution in [0.25, 0.3) is 0 Å². The van der Waals surface area contributed by atoms with Gasteiger partial charge in [-0.25, -0.2) is 0 Å². The third kappa shape index (κ3) is 3.12. The Morgan fingerprint density at radius 3 is 2.84 bits per heavy atom. The molecule has 0 heterocycles. The molecule has 1 aromatic carbocycles. The van der Waals surface area contributed by atoms with Crippen LogP contribution >= 0.6 is 15.9 Å². The smallest absolute Gasteiger partial charge is 0.282 e. The summed E-state index contributed by atoms with van der Waals surface area (Å²) in [6.45, 7) is 0. The SMILES string of the molecule is O=C(NC1CCCC1CBr)c1ccccc1[N+](=O)[O-]. The molecule has 102 valence electrons. The lowest BCUT2D eigenvalue weighted by Gasteiger charge is -2.18. The summed E-state index contributed by atoms with van der Waals surface area (Å²) in [5.74, 6) is 0.0527. The number of amides is 1. The van der Waals surface area contributed by atoms with Crippen LogP contribution < -0.4 is 5.32 Å². The number of carbonyl (C=O) groups is 1. The van der Waals surface area contributed by atoms with Crippen LogP contribution in [-0.2, 0) is 0 Å². The van der Waals surface area contributed by atoms with E-state index in [1.165, 1.54) is 12.1 Å². The number of carbonyl (C=O) groups excluding carboxylic acids is 1. The largest absolute Gasteiger partial charge is 0.349 e. The van der Waals surface area contributed by atoms with Gasteiger partial charge in [-0.05, 0) is 24.8 Å². The molecule has 2 unspecified atom stereocenters. The zero-order valence-electron chi connectivity index (χ0n) is 10.3. The normalized spacial score (nSPS) is 22.2. The molecule has 1 fully saturated rings. The standard InChI is InChI=1S/C13H15BrN2O3/c14-8-9-4-3-6-11(9)15-13(17)10-5-1-2-7-12(10)16(18)19/h1-2,5,7,9,11H,3-4,6,8H2,(H,15,17). The van der Waals surface area contributed by atoms with Crippen molar-refractivity contribution in [1.82, 2.24) is 5.32 Å². The van der Waals surface area contributed by atoms with Crippen molar-refractivity contribution in [3.05, 3.63) is 39.9 Å². The summed E-state index contributed by atoms with van der Waals surface area (Å²) in [5, 5.41) is 14.7. The fourth-order valence-electron chi connectivity index (χ4n) is 2.48. The quantitative estimate of drug-likeness (QED) is 0.525. The Kier molecular flexibility index (Phi) is 4.52. The van der Waals surface area contributed by atoms with Gasteiger partial charge < -0.3 is 5.32 Å². The number of hydrogen-bond donors (Lipinski definition) is 1. The van der Waals surface area contributed by atoms with Crippen LogP contribution in [0.4, 0.5) is 5.69 Å². The van der Waals surface area contributed by atoms with E-state index in [1.807, 2.05) is 0 Å². The Balaban J connectivity index is 2.14. The first kappa shape index (κ1) is 14.0. The first-order valence-corrected chi connectivity index (χ1v) is 7.36. The van der Waals surface area contributed by atoms with Gasteiger partial charge in [0, 0.05) is 17.4 Å². The molecule has 2 atom stereocenters. The number of hydrogen-bond acceptors (Lipinski definition) is 3. The van der Waals surface area contributed by atoms with Crippen molar-refractivity contribution < 1.29 is 9.72 Å². The van der Waals surface area contributed by atoms with Crippen LogP contribution in [0.15, 0.2) is 24.3 Å². The molecule has 5 nitrogen and oxygen atoms in total. The Morgan fingerprint density at radius 1 is 1.42 bits per heavy atom. The number of nitrogens with zero attached hydrogens (tertiary/aromatic N) is 1. The summed E-state index contributed by atoms with van der Waals surface area (Å²) >= 11 is 3.44. The zero-order chi connectivity index (χ0) is 13.8. The van der Waals surface area contributed by atoms with E-state index in [-0.39, 0.29) is 23.2 Å². The molecule has 1 aliphatic rings. The van der Waals surface area contributed by atoms with Crippen molar-refractivity contribution in [2.45, 2.75) is 25.3 Å². The molecule has 0 aromatic heterocycles. The fourth-order valence-corrected chi connectivity index (χ4v) is 3.26. The molecule has 0 radical (unpaired) electrons. The summed E-state index contributed by atoms with van der Waals surface area (Å²) in [4.78, 5) is 22.5. The molecule has 1 aliphatic carbocycles. The Labute approximate surface area is 119 Å². The molecule has 1 saturated carbocycles. The summed E-state index contributed by atoms with van der Waals surface area (Å²) < 4.78 is 0. The minimum atomic E-state index is -0.522. The number of alkyl halides is 1. The number of nitro benzene ring substituents is 1. The van der Waals surface area contributed by atoms with Gasteiger partial charge in [-0.15, -0.1) is 0 Å². The fraction of sp³-hybridized carbons (Fsp3) is 0.462. The Morgan fingerprint density at radius 2 is 2.16 bits per heavy atom. The van der Waals surface area contributed by atoms with Gasteiger partial charge in [0.05, 0.1) is 4.92 Å². The van der Waals surface area contributed by atoms with E-state index in [0.717, 1.165) is 24.6 Å². The monoisotopic (exact) mass is 326 g/mol. The van der Waals surface area contributed by atoms with Crippen LogP contribution in [0, 0.1) is 16.0 Å². The number of rotatable bonds is 4. The minimum Gasteiger partial charge on any atom is -0.349 e. The van der Waals surface area contributed by atoms with Crippen molar-refractivity contribution in [2.24, 2.45) is 5.92 Å². The van der Waals surface area contributed by atoms with Gasteiger partial charge in [-0.2, -0.15) is 0 Å². The van der Waals surface area contributed by atoms with Crippen LogP contribution in [0.5, 0.6) is 0 Å². The van der Waals surface area contributed by atoms with Crippen molar-refractivity contribution >= 4 is 27.5 Å². The number of nitro groups is 1. The highest BCUT2D eigenvalue weighted by Gasteiger charge is 2.29. The lowest BCUT2D eigenvalue weighted by molar-refractivity contribution is -0.385. The molecule has 1 amide bonds. The van der Waals surface area contributed by atoms with Crippen molar-refractivity contribution in [1.29, 1.82) is 0 Å². The Hall–Kier alpha value is -1.43. The highest BCUT2D eigenvalue weighted by Crippen LogP contribution is 2.28. The van der Waals surface area contributed by atoms with E-state index in [4.69, 9.17) is 0 Å². The maximum absolute atomic E-state index is 12.2. The number of nitrogens with one attached hydrogen (secondary N) is 1. The topological polar surface area (TPSA) is 72.2 Å². The average Bonchev–Trinajstić information content (AvgIpc) is 2.85. The molecule has 19 heavy (non-hydrogen) atoms.